The summed E-state index contributed by atoms with van der Waals surface area (Å²) >= 11 is 0. The molecule has 0 aromatic heterocycles. The predicted octanol–water partition coefficient (Wildman–Crippen LogP) is 4.32. The van der Waals surface area contributed by atoms with Gasteiger partial charge in [0, 0.05) is 12.1 Å². The number of ether oxygens (including phenoxy) is 1. The SMILES string of the molecule is COc1ccc(C(O)c2c(C)cc([N+](=O)[O-])cc2C)cc1C(F)(F)F. The molecule has 0 aliphatic heterocycles. The molecule has 134 valence electrons. The molecule has 5 nitrogen and oxygen atoms in total. The number of nitro groups is 1. The van der Waals surface area contributed by atoms with Crippen molar-refractivity contribution in [2.45, 2.75) is 26.1 Å². The van der Waals surface area contributed by atoms with E-state index in [1.807, 2.05) is 0 Å². The first kappa shape index (κ1) is 18.7. The van der Waals surface area contributed by atoms with Gasteiger partial charge in [-0.25, -0.2) is 0 Å². The highest BCUT2D eigenvalue weighted by Gasteiger charge is 2.35. The standard InChI is InChI=1S/C17H16F3NO4/c1-9-6-12(21(23)24)7-10(2)15(9)16(22)11-4-5-14(25-3)13(8-11)17(18,19)20/h4-8,16,22H,1-3H3. The topological polar surface area (TPSA) is 72.6 Å². The van der Waals surface area contributed by atoms with Crippen LogP contribution in [0.4, 0.5) is 18.9 Å². The summed E-state index contributed by atoms with van der Waals surface area (Å²) in [5.41, 5.74) is 0.0599. The molecule has 0 saturated heterocycles. The number of aliphatic hydroxyl groups excluding tert-OH is 1. The highest BCUT2D eigenvalue weighted by atomic mass is 19.4. The Hall–Kier alpha value is -2.61. The van der Waals surface area contributed by atoms with Crippen molar-refractivity contribution < 1.29 is 27.9 Å². The molecule has 8 heteroatoms. The van der Waals surface area contributed by atoms with Crippen molar-refractivity contribution >= 4 is 5.69 Å². The van der Waals surface area contributed by atoms with E-state index in [0.29, 0.717) is 16.7 Å². The quantitative estimate of drug-likeness (QED) is 0.655. The minimum atomic E-state index is -4.64. The maximum atomic E-state index is 13.1. The Labute approximate surface area is 141 Å². The molecule has 0 bridgehead atoms. The minimum absolute atomic E-state index is 0.0215. The Morgan fingerprint density at radius 1 is 1.16 bits per heavy atom. The zero-order chi connectivity index (χ0) is 18.9. The maximum absolute atomic E-state index is 13.1. The van der Waals surface area contributed by atoms with Crippen LogP contribution in [0.2, 0.25) is 0 Å². The second kappa shape index (κ2) is 6.72. The van der Waals surface area contributed by atoms with Crippen LogP contribution in [0.3, 0.4) is 0 Å². The van der Waals surface area contributed by atoms with Crippen molar-refractivity contribution in [1.82, 2.24) is 0 Å². The third kappa shape index (κ3) is 3.74. The van der Waals surface area contributed by atoms with Crippen LogP contribution < -0.4 is 4.74 Å². The molecule has 0 aliphatic rings. The molecule has 25 heavy (non-hydrogen) atoms. The maximum Gasteiger partial charge on any atom is 0.419 e. The van der Waals surface area contributed by atoms with Crippen LogP contribution >= 0.6 is 0 Å². The fraction of sp³-hybridized carbons (Fsp3) is 0.294. The van der Waals surface area contributed by atoms with Crippen molar-refractivity contribution in [1.29, 1.82) is 0 Å². The zero-order valence-corrected chi connectivity index (χ0v) is 13.7. The van der Waals surface area contributed by atoms with Crippen molar-refractivity contribution in [3.63, 3.8) is 0 Å². The van der Waals surface area contributed by atoms with Crippen molar-refractivity contribution in [2.75, 3.05) is 7.11 Å². The minimum Gasteiger partial charge on any atom is -0.496 e. The molecule has 1 unspecified atom stereocenters. The molecule has 2 aromatic rings. The number of benzene rings is 2. The summed E-state index contributed by atoms with van der Waals surface area (Å²) in [6.45, 7) is 3.12. The van der Waals surface area contributed by atoms with E-state index in [9.17, 15) is 28.4 Å². The van der Waals surface area contributed by atoms with E-state index in [2.05, 4.69) is 0 Å². The van der Waals surface area contributed by atoms with E-state index in [0.717, 1.165) is 19.2 Å². The molecule has 2 aromatic carbocycles. The van der Waals surface area contributed by atoms with E-state index in [-0.39, 0.29) is 17.0 Å². The van der Waals surface area contributed by atoms with E-state index in [1.54, 1.807) is 13.8 Å². The number of non-ortho nitro benzene ring substituents is 1. The van der Waals surface area contributed by atoms with E-state index < -0.39 is 22.8 Å². The third-order valence-corrected chi connectivity index (χ3v) is 3.91. The van der Waals surface area contributed by atoms with Gasteiger partial charge in [-0.15, -0.1) is 0 Å². The van der Waals surface area contributed by atoms with E-state index in [4.69, 9.17) is 4.74 Å². The van der Waals surface area contributed by atoms with Crippen LogP contribution in [0.1, 0.15) is 33.9 Å². The summed E-state index contributed by atoms with van der Waals surface area (Å²) in [6, 6.07) is 5.85. The number of aliphatic hydroxyl groups is 1. The van der Waals surface area contributed by atoms with Gasteiger partial charge in [-0.2, -0.15) is 13.2 Å². The van der Waals surface area contributed by atoms with Crippen molar-refractivity contribution in [2.24, 2.45) is 0 Å². The molecule has 0 spiro atoms. The van der Waals surface area contributed by atoms with Gasteiger partial charge in [-0.3, -0.25) is 10.1 Å². The first-order valence-electron chi connectivity index (χ1n) is 7.25. The summed E-state index contributed by atoms with van der Waals surface area (Å²) in [7, 11) is 1.13. The third-order valence-electron chi connectivity index (χ3n) is 3.91. The Morgan fingerprint density at radius 2 is 1.72 bits per heavy atom. The fourth-order valence-electron chi connectivity index (χ4n) is 2.77. The van der Waals surface area contributed by atoms with Crippen LogP contribution in [0.15, 0.2) is 30.3 Å². The molecule has 1 N–H and O–H groups in total. The average Bonchev–Trinajstić information content (AvgIpc) is 2.52. The van der Waals surface area contributed by atoms with Gasteiger partial charge in [0.25, 0.3) is 5.69 Å². The Kier molecular flexibility index (Phi) is 5.03. The van der Waals surface area contributed by atoms with Gasteiger partial charge in [-0.05, 0) is 48.2 Å². The largest absolute Gasteiger partial charge is 0.496 e. The van der Waals surface area contributed by atoms with E-state index >= 15 is 0 Å². The highest BCUT2D eigenvalue weighted by molar-refractivity contribution is 5.49. The Bertz CT molecular complexity index is 795. The first-order valence-corrected chi connectivity index (χ1v) is 7.25. The Morgan fingerprint density at radius 3 is 2.16 bits per heavy atom. The van der Waals surface area contributed by atoms with Crippen molar-refractivity contribution in [3.8, 4) is 5.75 Å². The molecule has 0 heterocycles. The number of nitro benzene ring substituents is 1. The second-order valence-corrected chi connectivity index (χ2v) is 5.61. The zero-order valence-electron chi connectivity index (χ0n) is 13.7. The smallest absolute Gasteiger partial charge is 0.419 e. The lowest BCUT2D eigenvalue weighted by atomic mass is 9.92. The van der Waals surface area contributed by atoms with Crippen LogP contribution in [0.5, 0.6) is 5.75 Å². The summed E-state index contributed by atoms with van der Waals surface area (Å²) in [5.74, 6) is -0.347. The average molecular weight is 355 g/mol. The van der Waals surface area contributed by atoms with Gasteiger partial charge in [0.2, 0.25) is 0 Å². The van der Waals surface area contributed by atoms with Crippen molar-refractivity contribution in [3.05, 3.63) is 68.3 Å². The highest BCUT2D eigenvalue weighted by Crippen LogP contribution is 2.39. The predicted molar refractivity (Wildman–Crippen MR) is 84.6 cm³/mol. The first-order chi connectivity index (χ1) is 11.6. The lowest BCUT2D eigenvalue weighted by Crippen LogP contribution is -2.11. The molecule has 0 aliphatic carbocycles. The van der Waals surface area contributed by atoms with Crippen LogP contribution in [0.25, 0.3) is 0 Å². The molecule has 0 radical (unpaired) electrons. The number of hydrogen-bond donors (Lipinski definition) is 1. The van der Waals surface area contributed by atoms with Crippen LogP contribution in [0, 0.1) is 24.0 Å². The lowest BCUT2D eigenvalue weighted by Gasteiger charge is -2.19. The molecule has 0 fully saturated rings. The van der Waals surface area contributed by atoms with Gasteiger partial charge >= 0.3 is 6.18 Å². The lowest BCUT2D eigenvalue weighted by molar-refractivity contribution is -0.385. The summed E-state index contributed by atoms with van der Waals surface area (Å²) < 4.78 is 44.2. The molecule has 1 atom stereocenters. The number of rotatable bonds is 4. The number of alkyl halides is 3. The second-order valence-electron chi connectivity index (χ2n) is 5.61. The summed E-state index contributed by atoms with van der Waals surface area (Å²) in [6.07, 6.45) is -5.99. The summed E-state index contributed by atoms with van der Waals surface area (Å²) in [4.78, 5) is 10.3. The van der Waals surface area contributed by atoms with Gasteiger partial charge < -0.3 is 9.84 Å². The monoisotopic (exact) mass is 355 g/mol. The molecule has 0 amide bonds. The number of methoxy groups -OCH3 is 1. The van der Waals surface area contributed by atoms with Crippen LogP contribution in [-0.2, 0) is 6.18 Å². The number of halogens is 3. The number of aryl methyl sites for hydroxylation is 2. The fourth-order valence-corrected chi connectivity index (χ4v) is 2.77. The Balaban J connectivity index is 2.55. The van der Waals surface area contributed by atoms with Gasteiger partial charge in [0.1, 0.15) is 11.9 Å². The van der Waals surface area contributed by atoms with Crippen LogP contribution in [-0.4, -0.2) is 17.1 Å². The van der Waals surface area contributed by atoms with Gasteiger partial charge in [0.05, 0.1) is 17.6 Å². The molecule has 0 saturated carbocycles. The normalized spacial score (nSPS) is 12.8. The molecular weight excluding hydrogens is 339 g/mol. The number of nitrogens with zero attached hydrogens (tertiary/aromatic N) is 1. The molecule has 2 rings (SSSR count). The van der Waals surface area contributed by atoms with Gasteiger partial charge in [0.15, 0.2) is 0 Å². The number of hydrogen-bond acceptors (Lipinski definition) is 4. The van der Waals surface area contributed by atoms with E-state index in [1.165, 1.54) is 18.2 Å². The summed E-state index contributed by atoms with van der Waals surface area (Å²) in [5, 5.41) is 21.4. The van der Waals surface area contributed by atoms with Gasteiger partial charge in [-0.1, -0.05) is 6.07 Å². The molecular formula is C17H16F3NO4.